The minimum Gasteiger partial charge on any atom is -0.326 e. The second-order valence-electron chi connectivity index (χ2n) is 6.80. The molecule has 0 saturated carbocycles. The van der Waals surface area contributed by atoms with Crippen LogP contribution in [0, 0.1) is 0 Å². The molecule has 2 N–H and O–H groups in total. The van der Waals surface area contributed by atoms with Crippen LogP contribution in [0.5, 0.6) is 0 Å². The maximum absolute atomic E-state index is 12.3. The van der Waals surface area contributed by atoms with Gasteiger partial charge >= 0.3 is 0 Å². The molecule has 1 amide bonds. The molecule has 0 aliphatic carbocycles. The second kappa shape index (κ2) is 7.06. The quantitative estimate of drug-likeness (QED) is 0.826. The fourth-order valence-electron chi connectivity index (χ4n) is 2.97. The van der Waals surface area contributed by atoms with Crippen LogP contribution in [-0.4, -0.2) is 42.3 Å². The number of aromatic amines is 1. The lowest BCUT2D eigenvalue weighted by Gasteiger charge is -2.29. The molecule has 3 rings (SSSR count). The highest BCUT2D eigenvalue weighted by Gasteiger charge is 2.24. The molecule has 1 aromatic carbocycles. The van der Waals surface area contributed by atoms with Crippen molar-refractivity contribution in [1.82, 2.24) is 15.2 Å². The fourth-order valence-corrected chi connectivity index (χ4v) is 3.96. The first kappa shape index (κ1) is 18.4. The molecule has 0 spiro atoms. The SMILES string of the molecule is CC(C)c1n[nH]c(CC(=O)Nc2ccc3c(c2)N(S(C)(=O)=O)CCC3)n1. The minimum atomic E-state index is -3.34. The van der Waals surface area contributed by atoms with Gasteiger partial charge in [-0.25, -0.2) is 13.4 Å². The van der Waals surface area contributed by atoms with E-state index in [9.17, 15) is 13.2 Å². The average molecular weight is 377 g/mol. The first-order chi connectivity index (χ1) is 12.2. The predicted molar refractivity (Wildman–Crippen MR) is 99.8 cm³/mol. The Morgan fingerprint density at radius 2 is 2.15 bits per heavy atom. The molecule has 0 bridgehead atoms. The number of aromatic nitrogens is 3. The zero-order valence-corrected chi connectivity index (χ0v) is 15.9. The molecule has 2 aromatic rings. The Labute approximate surface area is 153 Å². The molecule has 1 aromatic heterocycles. The molecular weight excluding hydrogens is 354 g/mol. The highest BCUT2D eigenvalue weighted by Crippen LogP contribution is 2.31. The van der Waals surface area contributed by atoms with Crippen LogP contribution in [0.3, 0.4) is 0 Å². The Morgan fingerprint density at radius 1 is 1.38 bits per heavy atom. The Balaban J connectivity index is 1.75. The van der Waals surface area contributed by atoms with Crippen molar-refractivity contribution >= 4 is 27.3 Å². The molecule has 9 heteroatoms. The molecule has 140 valence electrons. The van der Waals surface area contributed by atoms with E-state index in [1.54, 1.807) is 12.1 Å². The highest BCUT2D eigenvalue weighted by atomic mass is 32.2. The van der Waals surface area contributed by atoms with Crippen molar-refractivity contribution in [2.75, 3.05) is 22.4 Å². The monoisotopic (exact) mass is 377 g/mol. The van der Waals surface area contributed by atoms with E-state index in [-0.39, 0.29) is 18.2 Å². The molecule has 1 aliphatic rings. The number of hydrogen-bond acceptors (Lipinski definition) is 5. The van der Waals surface area contributed by atoms with Gasteiger partial charge in [0, 0.05) is 18.2 Å². The molecule has 2 heterocycles. The van der Waals surface area contributed by atoms with Crippen molar-refractivity contribution in [2.45, 2.75) is 39.0 Å². The van der Waals surface area contributed by atoms with Gasteiger partial charge in [0.15, 0.2) is 5.82 Å². The van der Waals surface area contributed by atoms with Crippen molar-refractivity contribution in [2.24, 2.45) is 0 Å². The lowest BCUT2D eigenvalue weighted by atomic mass is 10.0. The number of carbonyl (C=O) groups excluding carboxylic acids is 1. The van der Waals surface area contributed by atoms with Gasteiger partial charge < -0.3 is 5.32 Å². The predicted octanol–water partition coefficient (Wildman–Crippen LogP) is 1.82. The zero-order valence-electron chi connectivity index (χ0n) is 15.1. The summed E-state index contributed by atoms with van der Waals surface area (Å²) < 4.78 is 25.4. The third kappa shape index (κ3) is 4.04. The van der Waals surface area contributed by atoms with Crippen molar-refractivity contribution in [3.63, 3.8) is 0 Å². The van der Waals surface area contributed by atoms with Gasteiger partial charge in [-0.05, 0) is 30.5 Å². The van der Waals surface area contributed by atoms with Crippen LogP contribution in [0.2, 0.25) is 0 Å². The number of carbonyl (C=O) groups is 1. The number of anilines is 2. The van der Waals surface area contributed by atoms with E-state index in [1.807, 2.05) is 19.9 Å². The molecule has 0 saturated heterocycles. The highest BCUT2D eigenvalue weighted by molar-refractivity contribution is 7.92. The number of fused-ring (bicyclic) bond motifs is 1. The summed E-state index contributed by atoms with van der Waals surface area (Å²) in [6.07, 6.45) is 2.89. The van der Waals surface area contributed by atoms with Crippen LogP contribution in [0.15, 0.2) is 18.2 Å². The number of nitrogens with zero attached hydrogens (tertiary/aromatic N) is 3. The van der Waals surface area contributed by atoms with Gasteiger partial charge in [-0.1, -0.05) is 19.9 Å². The summed E-state index contributed by atoms with van der Waals surface area (Å²) in [6.45, 7) is 4.42. The summed E-state index contributed by atoms with van der Waals surface area (Å²) in [5.74, 6) is 1.12. The summed E-state index contributed by atoms with van der Waals surface area (Å²) in [6, 6.07) is 5.38. The largest absolute Gasteiger partial charge is 0.326 e. The molecule has 26 heavy (non-hydrogen) atoms. The summed E-state index contributed by atoms with van der Waals surface area (Å²) in [7, 11) is -3.34. The van der Waals surface area contributed by atoms with Gasteiger partial charge in [0.05, 0.1) is 18.4 Å². The maximum Gasteiger partial charge on any atom is 0.232 e. The third-order valence-corrected chi connectivity index (χ3v) is 5.42. The Bertz CT molecular complexity index is 920. The molecule has 0 atom stereocenters. The number of H-pyrrole nitrogens is 1. The van der Waals surface area contributed by atoms with E-state index in [4.69, 9.17) is 0 Å². The Kier molecular flexibility index (Phi) is 4.99. The van der Waals surface area contributed by atoms with Crippen molar-refractivity contribution in [3.8, 4) is 0 Å². The smallest absolute Gasteiger partial charge is 0.232 e. The lowest BCUT2D eigenvalue weighted by Crippen LogP contribution is -2.34. The molecule has 8 nitrogen and oxygen atoms in total. The minimum absolute atomic E-state index is 0.0760. The topological polar surface area (TPSA) is 108 Å². The van der Waals surface area contributed by atoms with E-state index < -0.39 is 10.0 Å². The Morgan fingerprint density at radius 3 is 2.81 bits per heavy atom. The number of sulfonamides is 1. The summed E-state index contributed by atoms with van der Waals surface area (Å²) in [5.41, 5.74) is 2.17. The second-order valence-corrected chi connectivity index (χ2v) is 8.71. The van der Waals surface area contributed by atoms with E-state index in [0.717, 1.165) is 18.4 Å². The number of nitrogens with one attached hydrogen (secondary N) is 2. The maximum atomic E-state index is 12.3. The summed E-state index contributed by atoms with van der Waals surface area (Å²) >= 11 is 0. The van der Waals surface area contributed by atoms with Gasteiger partial charge in [0.2, 0.25) is 15.9 Å². The van der Waals surface area contributed by atoms with E-state index in [0.29, 0.717) is 29.6 Å². The number of benzene rings is 1. The van der Waals surface area contributed by atoms with Crippen LogP contribution in [0.1, 0.15) is 43.4 Å². The average Bonchev–Trinajstić information content (AvgIpc) is 3.02. The summed E-state index contributed by atoms with van der Waals surface area (Å²) in [5, 5.41) is 9.65. The van der Waals surface area contributed by atoms with Crippen LogP contribution < -0.4 is 9.62 Å². The van der Waals surface area contributed by atoms with Crippen LogP contribution >= 0.6 is 0 Å². The number of rotatable bonds is 5. The van der Waals surface area contributed by atoms with Crippen LogP contribution in [0.4, 0.5) is 11.4 Å². The molecule has 0 unspecified atom stereocenters. The summed E-state index contributed by atoms with van der Waals surface area (Å²) in [4.78, 5) is 16.6. The fraction of sp³-hybridized carbons (Fsp3) is 0.471. The van der Waals surface area contributed by atoms with Gasteiger partial charge in [0.1, 0.15) is 5.82 Å². The zero-order chi connectivity index (χ0) is 18.9. The Hall–Kier alpha value is -2.42. The lowest BCUT2D eigenvalue weighted by molar-refractivity contribution is -0.115. The van der Waals surface area contributed by atoms with Crippen molar-refractivity contribution in [3.05, 3.63) is 35.4 Å². The van der Waals surface area contributed by atoms with Gasteiger partial charge in [-0.2, -0.15) is 5.10 Å². The first-order valence-corrected chi connectivity index (χ1v) is 10.4. The van der Waals surface area contributed by atoms with Gasteiger partial charge in [0.25, 0.3) is 0 Å². The number of aryl methyl sites for hydroxylation is 1. The third-order valence-electron chi connectivity index (χ3n) is 4.24. The first-order valence-electron chi connectivity index (χ1n) is 8.55. The molecular formula is C17H23N5O3S. The van der Waals surface area contributed by atoms with Gasteiger partial charge in [-0.3, -0.25) is 14.2 Å². The molecule has 0 fully saturated rings. The number of hydrogen-bond donors (Lipinski definition) is 2. The van der Waals surface area contributed by atoms with Crippen LogP contribution in [0.25, 0.3) is 0 Å². The number of amides is 1. The normalized spacial score (nSPS) is 14.4. The van der Waals surface area contributed by atoms with E-state index in [2.05, 4.69) is 20.5 Å². The standard InChI is InChI=1S/C17H23N5O3S/c1-11(2)17-19-15(20-21-17)10-16(23)18-13-7-6-12-5-4-8-22(14(12)9-13)26(3,24)25/h6-7,9,11H,4-5,8,10H2,1-3H3,(H,18,23)(H,19,20,21). The van der Waals surface area contributed by atoms with Crippen LogP contribution in [-0.2, 0) is 27.7 Å². The molecule has 0 radical (unpaired) electrons. The van der Waals surface area contributed by atoms with Crippen molar-refractivity contribution in [1.29, 1.82) is 0 Å². The van der Waals surface area contributed by atoms with Gasteiger partial charge in [-0.15, -0.1) is 0 Å². The van der Waals surface area contributed by atoms with E-state index >= 15 is 0 Å². The van der Waals surface area contributed by atoms with Crippen molar-refractivity contribution < 1.29 is 13.2 Å². The molecule has 1 aliphatic heterocycles. The van der Waals surface area contributed by atoms with E-state index in [1.165, 1.54) is 10.6 Å².